The minimum Gasteiger partial charge on any atom is -0.321 e. The zero-order valence-corrected chi connectivity index (χ0v) is 25.7. The summed E-state index contributed by atoms with van der Waals surface area (Å²) in [6.07, 6.45) is 12.2. The number of nitrogens with one attached hydrogen (secondary N) is 2. The fourth-order valence-corrected chi connectivity index (χ4v) is 8.88. The predicted molar refractivity (Wildman–Crippen MR) is 164 cm³/mol. The topological polar surface area (TPSA) is 87.5 Å². The molecule has 1 saturated carbocycles. The molecule has 6 nitrogen and oxygen atoms in total. The number of nitrogens with zero attached hydrogens (tertiary/aromatic N) is 1. The van der Waals surface area contributed by atoms with Crippen molar-refractivity contribution in [3.63, 3.8) is 0 Å². The number of carbonyl (C=O) groups is 1. The first-order valence-electron chi connectivity index (χ1n) is 14.6. The van der Waals surface area contributed by atoms with E-state index >= 15 is 0 Å². The van der Waals surface area contributed by atoms with Crippen molar-refractivity contribution in [1.29, 1.82) is 0 Å². The van der Waals surface area contributed by atoms with Crippen LogP contribution in [0.4, 0.5) is 0 Å². The third kappa shape index (κ3) is 9.86. The van der Waals surface area contributed by atoms with Gasteiger partial charge < -0.3 is 21.2 Å². The lowest BCUT2D eigenvalue weighted by atomic mass is 9.78. The van der Waals surface area contributed by atoms with Gasteiger partial charge in [0.25, 0.3) is 0 Å². The van der Waals surface area contributed by atoms with E-state index in [1.54, 1.807) is 0 Å². The second kappa shape index (κ2) is 17.4. The van der Waals surface area contributed by atoms with Gasteiger partial charge in [-0.15, -0.1) is 0 Å². The first-order valence-corrected chi connectivity index (χ1v) is 17.4. The van der Waals surface area contributed by atoms with E-state index in [-0.39, 0.29) is 5.92 Å². The third-order valence-corrected chi connectivity index (χ3v) is 11.3. The summed E-state index contributed by atoms with van der Waals surface area (Å²) in [5.74, 6) is 3.84. The Morgan fingerprint density at radius 1 is 1.16 bits per heavy atom. The monoisotopic (exact) mass is 584 g/mol. The van der Waals surface area contributed by atoms with Crippen LogP contribution in [0.5, 0.6) is 0 Å². The number of carbonyl (C=O) groups excluding carboxylic acids is 1. The van der Waals surface area contributed by atoms with Gasteiger partial charge in [-0.3, -0.25) is 0 Å². The first-order chi connectivity index (χ1) is 18.5. The SMILES string of the molecule is CCC1CN[C@@H]2CCCS(=O)N1C2.CNC1CCCC1.NC(C=O)C(c1ccc(Cl)cc1)C1CCSCC1. The molecule has 1 aliphatic carbocycles. The number of thioether (sulfide) groups is 1. The van der Waals surface area contributed by atoms with E-state index in [4.69, 9.17) is 17.3 Å². The third-order valence-electron chi connectivity index (χ3n) is 8.42. The minimum absolute atomic E-state index is 0.126. The van der Waals surface area contributed by atoms with Crippen LogP contribution in [0.15, 0.2) is 24.3 Å². The lowest BCUT2D eigenvalue weighted by Crippen LogP contribution is -2.55. The van der Waals surface area contributed by atoms with Gasteiger partial charge in [0.15, 0.2) is 0 Å². The number of hydrogen-bond acceptors (Lipinski definition) is 6. The number of aldehydes is 1. The van der Waals surface area contributed by atoms with Crippen molar-refractivity contribution >= 4 is 40.6 Å². The normalized spacial score (nSPS) is 29.6. The number of benzene rings is 1. The second-order valence-corrected chi connectivity index (χ2v) is 14.1. The molecule has 216 valence electrons. The zero-order chi connectivity index (χ0) is 27.3. The van der Waals surface area contributed by atoms with Crippen LogP contribution in [0.3, 0.4) is 0 Å². The Morgan fingerprint density at radius 2 is 1.84 bits per heavy atom. The summed E-state index contributed by atoms with van der Waals surface area (Å²) in [5.41, 5.74) is 7.15. The fraction of sp³-hybridized carbons (Fsp3) is 0.759. The largest absolute Gasteiger partial charge is 0.321 e. The van der Waals surface area contributed by atoms with Crippen LogP contribution in [-0.2, 0) is 15.8 Å². The van der Waals surface area contributed by atoms with Gasteiger partial charge in [0.05, 0.1) is 17.0 Å². The Kier molecular flexibility index (Phi) is 14.6. The molecule has 5 rings (SSSR count). The maximum atomic E-state index is 11.8. The van der Waals surface area contributed by atoms with E-state index in [1.165, 1.54) is 43.6 Å². The molecular weight excluding hydrogens is 536 g/mol. The molecule has 4 N–H and O–H groups in total. The maximum absolute atomic E-state index is 11.8. The molecule has 3 aliphatic heterocycles. The Morgan fingerprint density at radius 3 is 2.42 bits per heavy atom. The zero-order valence-electron chi connectivity index (χ0n) is 23.3. The number of hydrogen-bond donors (Lipinski definition) is 3. The van der Waals surface area contributed by atoms with Crippen LogP contribution in [0.1, 0.15) is 76.2 Å². The van der Waals surface area contributed by atoms with E-state index < -0.39 is 17.0 Å². The first kappa shape index (κ1) is 32.0. The van der Waals surface area contributed by atoms with Gasteiger partial charge in [0.1, 0.15) is 6.29 Å². The molecule has 1 aromatic rings. The highest BCUT2D eigenvalue weighted by Gasteiger charge is 2.32. The summed E-state index contributed by atoms with van der Waals surface area (Å²) in [5, 5.41) is 7.52. The van der Waals surface area contributed by atoms with Crippen LogP contribution in [0, 0.1) is 5.92 Å². The van der Waals surface area contributed by atoms with E-state index in [0.29, 0.717) is 18.0 Å². The van der Waals surface area contributed by atoms with Gasteiger partial charge in [-0.2, -0.15) is 11.8 Å². The van der Waals surface area contributed by atoms with Crippen molar-refractivity contribution in [3.8, 4) is 0 Å². The highest BCUT2D eigenvalue weighted by molar-refractivity contribution is 7.99. The van der Waals surface area contributed by atoms with Crippen molar-refractivity contribution in [2.45, 2.75) is 94.8 Å². The summed E-state index contributed by atoms with van der Waals surface area (Å²) in [4.78, 5) is 11.1. The summed E-state index contributed by atoms with van der Waals surface area (Å²) >= 11 is 7.89. The van der Waals surface area contributed by atoms with E-state index in [1.807, 2.05) is 36.0 Å². The van der Waals surface area contributed by atoms with Gasteiger partial charge in [0, 0.05) is 47.9 Å². The maximum Gasteiger partial charge on any atom is 0.137 e. The van der Waals surface area contributed by atoms with E-state index in [9.17, 15) is 9.00 Å². The van der Waals surface area contributed by atoms with Crippen LogP contribution in [0.25, 0.3) is 0 Å². The molecule has 1 aromatic carbocycles. The molecule has 9 heteroatoms. The molecular formula is C29H49ClN4O2S2. The van der Waals surface area contributed by atoms with Crippen LogP contribution in [-0.4, -0.2) is 76.4 Å². The highest BCUT2D eigenvalue weighted by Crippen LogP contribution is 2.36. The quantitative estimate of drug-likeness (QED) is 0.419. The van der Waals surface area contributed by atoms with Crippen molar-refractivity contribution in [2.75, 3.05) is 37.4 Å². The standard InChI is InChI=1S/C14H18ClNOS.C9H18N2OS.C6H13N/c15-12-3-1-10(2-4-12)14(13(16)9-17)11-5-7-18-8-6-11;1-2-9-6-10-8-4-3-5-13(12)11(9)7-8;1-7-6-4-2-3-5-6/h1-4,9,11,13-14H,5-8,16H2;8-10H,2-7H2,1H3;6-7H,2-5H2,1H3/t;8-,9?,13?;/m.1./s1. The molecule has 4 fully saturated rings. The van der Waals surface area contributed by atoms with Crippen molar-refractivity contribution in [2.24, 2.45) is 11.7 Å². The molecule has 4 aliphatic rings. The Hall–Kier alpha value is -0.480. The number of piperazine rings is 1. The average Bonchev–Trinajstić information content (AvgIpc) is 3.45. The smallest absolute Gasteiger partial charge is 0.137 e. The number of rotatable bonds is 6. The highest BCUT2D eigenvalue weighted by atomic mass is 35.5. The van der Waals surface area contributed by atoms with Gasteiger partial charge in [-0.1, -0.05) is 43.5 Å². The molecule has 6 atom stereocenters. The molecule has 0 amide bonds. The molecule has 3 heterocycles. The lowest BCUT2D eigenvalue weighted by molar-refractivity contribution is -0.109. The van der Waals surface area contributed by atoms with Crippen molar-refractivity contribution in [3.05, 3.63) is 34.9 Å². The van der Waals surface area contributed by atoms with E-state index in [0.717, 1.165) is 67.4 Å². The molecule has 3 saturated heterocycles. The number of fused-ring (bicyclic) bond motifs is 2. The molecule has 0 spiro atoms. The molecule has 2 bridgehead atoms. The van der Waals surface area contributed by atoms with Gasteiger partial charge >= 0.3 is 0 Å². The second-order valence-electron chi connectivity index (χ2n) is 10.9. The predicted octanol–water partition coefficient (Wildman–Crippen LogP) is 4.74. The molecule has 0 aromatic heterocycles. The Bertz CT molecular complexity index is 834. The van der Waals surface area contributed by atoms with Crippen LogP contribution in [0.2, 0.25) is 5.02 Å². The molecule has 5 unspecified atom stereocenters. The number of halogens is 1. The van der Waals surface area contributed by atoms with Crippen LogP contribution >= 0.6 is 23.4 Å². The Labute approximate surface area is 242 Å². The fourth-order valence-electron chi connectivity index (χ4n) is 6.06. The minimum atomic E-state index is -0.701. The summed E-state index contributed by atoms with van der Waals surface area (Å²) in [6, 6.07) is 9.26. The van der Waals surface area contributed by atoms with Crippen LogP contribution < -0.4 is 16.4 Å². The summed E-state index contributed by atoms with van der Waals surface area (Å²) < 4.78 is 14.0. The Balaban J connectivity index is 0.000000174. The average molecular weight is 585 g/mol. The molecule has 38 heavy (non-hydrogen) atoms. The lowest BCUT2D eigenvalue weighted by Gasteiger charge is -2.36. The van der Waals surface area contributed by atoms with Gasteiger partial charge in [-0.25, -0.2) is 8.51 Å². The summed E-state index contributed by atoms with van der Waals surface area (Å²) in [6.45, 7) is 4.19. The van der Waals surface area contributed by atoms with Gasteiger partial charge in [0.2, 0.25) is 0 Å². The van der Waals surface area contributed by atoms with Crippen molar-refractivity contribution < 1.29 is 9.00 Å². The van der Waals surface area contributed by atoms with E-state index in [2.05, 4.69) is 28.9 Å². The summed E-state index contributed by atoms with van der Waals surface area (Å²) in [7, 11) is 1.35. The van der Waals surface area contributed by atoms with Gasteiger partial charge in [-0.05, 0) is 87.1 Å². The number of nitrogens with two attached hydrogens (primary N) is 1. The molecule has 0 radical (unpaired) electrons. The van der Waals surface area contributed by atoms with Crippen molar-refractivity contribution in [1.82, 2.24) is 14.9 Å².